The van der Waals surface area contributed by atoms with E-state index in [1.807, 2.05) is 0 Å². The number of rotatable bonds is 2. The van der Waals surface area contributed by atoms with Gasteiger partial charge in [-0.15, -0.1) is 0 Å². The van der Waals surface area contributed by atoms with E-state index in [2.05, 4.69) is 0 Å². The minimum atomic E-state index is -0.672. The first kappa shape index (κ1) is 10.1. The van der Waals surface area contributed by atoms with Crippen LogP contribution in [0.1, 0.15) is 32.6 Å². The molecule has 0 unspecified atom stereocenters. The highest BCUT2D eigenvalue weighted by atomic mass is 16.2. The Morgan fingerprint density at radius 2 is 1.73 bits per heavy atom. The minimum absolute atomic E-state index is 0.0505. The fourth-order valence-electron chi connectivity index (χ4n) is 2.29. The first-order valence-electron chi connectivity index (χ1n) is 5.35. The first-order chi connectivity index (χ1) is 7.16. The monoisotopic (exact) mass is 210 g/mol. The van der Waals surface area contributed by atoms with Crippen LogP contribution in [0.25, 0.3) is 0 Å². The predicted molar refractivity (Wildman–Crippen MR) is 51.9 cm³/mol. The molecule has 5 heteroatoms. The highest BCUT2D eigenvalue weighted by Gasteiger charge is 2.47. The quantitative estimate of drug-likeness (QED) is 0.499. The van der Waals surface area contributed by atoms with Gasteiger partial charge in [-0.2, -0.15) is 0 Å². The molecule has 2 fully saturated rings. The van der Waals surface area contributed by atoms with Gasteiger partial charge in [0.05, 0.1) is 0 Å². The summed E-state index contributed by atoms with van der Waals surface area (Å²) < 4.78 is 0. The van der Waals surface area contributed by atoms with Crippen molar-refractivity contribution in [2.75, 3.05) is 6.54 Å². The van der Waals surface area contributed by atoms with E-state index in [0.717, 1.165) is 35.5 Å². The maximum absolute atomic E-state index is 11.8. The summed E-state index contributed by atoms with van der Waals surface area (Å²) in [5.41, 5.74) is 0. The lowest BCUT2D eigenvalue weighted by molar-refractivity contribution is -0.143. The normalized spacial score (nSPS) is 23.4. The average molecular weight is 210 g/mol. The third kappa shape index (κ3) is 1.42. The van der Waals surface area contributed by atoms with Gasteiger partial charge in [0, 0.05) is 12.6 Å². The van der Waals surface area contributed by atoms with Crippen molar-refractivity contribution < 1.29 is 14.4 Å². The molecule has 1 saturated heterocycles. The van der Waals surface area contributed by atoms with Crippen LogP contribution in [0, 0.1) is 0 Å². The number of carbonyl (C=O) groups is 3. The van der Waals surface area contributed by atoms with Gasteiger partial charge < -0.3 is 0 Å². The van der Waals surface area contributed by atoms with E-state index in [-0.39, 0.29) is 12.6 Å². The molecule has 2 rings (SSSR count). The Kier molecular flexibility index (Phi) is 2.46. The van der Waals surface area contributed by atoms with Gasteiger partial charge >= 0.3 is 17.8 Å². The van der Waals surface area contributed by atoms with E-state index >= 15 is 0 Å². The molecule has 0 radical (unpaired) electrons. The minimum Gasteiger partial charge on any atom is -0.263 e. The Bertz CT molecular complexity index is 321. The van der Waals surface area contributed by atoms with E-state index in [1.54, 1.807) is 6.92 Å². The van der Waals surface area contributed by atoms with Crippen LogP contribution < -0.4 is 0 Å². The molecule has 4 amide bonds. The Balaban J connectivity index is 2.22. The molecular weight excluding hydrogens is 196 g/mol. The van der Waals surface area contributed by atoms with Crippen LogP contribution in [0.15, 0.2) is 0 Å². The number of amides is 4. The van der Waals surface area contributed by atoms with Crippen molar-refractivity contribution in [3.63, 3.8) is 0 Å². The van der Waals surface area contributed by atoms with Crippen molar-refractivity contribution in [3.8, 4) is 0 Å². The fraction of sp³-hybridized carbons (Fsp3) is 0.700. The smallest absolute Gasteiger partial charge is 0.263 e. The molecule has 0 aromatic rings. The van der Waals surface area contributed by atoms with Crippen LogP contribution in [0.4, 0.5) is 4.79 Å². The van der Waals surface area contributed by atoms with Crippen molar-refractivity contribution in [1.29, 1.82) is 0 Å². The zero-order valence-electron chi connectivity index (χ0n) is 8.73. The summed E-state index contributed by atoms with van der Waals surface area (Å²) in [4.78, 5) is 36.9. The highest BCUT2D eigenvalue weighted by molar-refractivity contribution is 6.44. The first-order valence-corrected chi connectivity index (χ1v) is 5.35. The van der Waals surface area contributed by atoms with E-state index in [4.69, 9.17) is 0 Å². The molecule has 0 aromatic carbocycles. The van der Waals surface area contributed by atoms with Gasteiger partial charge in [0.1, 0.15) is 0 Å². The molecule has 1 saturated carbocycles. The number of urea groups is 1. The molecule has 0 N–H and O–H groups in total. The molecular formula is C10H14N2O3. The number of hydrogen-bond donors (Lipinski definition) is 0. The lowest BCUT2D eigenvalue weighted by atomic mass is 10.2. The molecule has 1 heterocycles. The zero-order chi connectivity index (χ0) is 11.0. The van der Waals surface area contributed by atoms with Crippen LogP contribution in [-0.4, -0.2) is 40.2 Å². The van der Waals surface area contributed by atoms with Gasteiger partial charge in [-0.25, -0.2) is 4.79 Å². The topological polar surface area (TPSA) is 57.7 Å². The third-order valence-corrected chi connectivity index (χ3v) is 3.09. The highest BCUT2D eigenvalue weighted by Crippen LogP contribution is 2.27. The van der Waals surface area contributed by atoms with Crippen molar-refractivity contribution in [2.45, 2.75) is 38.6 Å². The Morgan fingerprint density at radius 3 is 2.20 bits per heavy atom. The summed E-state index contributed by atoms with van der Waals surface area (Å²) >= 11 is 0. The summed E-state index contributed by atoms with van der Waals surface area (Å²) in [6.07, 6.45) is 3.73. The van der Waals surface area contributed by atoms with E-state index < -0.39 is 17.8 Å². The summed E-state index contributed by atoms with van der Waals surface area (Å²) in [7, 11) is 0. The van der Waals surface area contributed by atoms with E-state index in [9.17, 15) is 14.4 Å². The van der Waals surface area contributed by atoms with Gasteiger partial charge in [-0.05, 0) is 19.8 Å². The molecule has 1 aliphatic heterocycles. The van der Waals surface area contributed by atoms with Gasteiger partial charge in [0.15, 0.2) is 0 Å². The molecule has 0 aromatic heterocycles. The number of nitrogens with zero attached hydrogens (tertiary/aromatic N) is 2. The zero-order valence-corrected chi connectivity index (χ0v) is 8.73. The molecule has 0 atom stereocenters. The van der Waals surface area contributed by atoms with Gasteiger partial charge in [0.2, 0.25) is 0 Å². The lowest BCUT2D eigenvalue weighted by Gasteiger charge is -2.20. The van der Waals surface area contributed by atoms with Crippen molar-refractivity contribution in [1.82, 2.24) is 9.80 Å². The third-order valence-electron chi connectivity index (χ3n) is 3.09. The Morgan fingerprint density at radius 1 is 1.13 bits per heavy atom. The molecule has 0 spiro atoms. The van der Waals surface area contributed by atoms with Gasteiger partial charge in [-0.1, -0.05) is 12.8 Å². The lowest BCUT2D eigenvalue weighted by Crippen LogP contribution is -2.39. The van der Waals surface area contributed by atoms with Crippen molar-refractivity contribution >= 4 is 17.8 Å². The standard InChI is InChI=1S/C10H14N2O3/c1-2-11-8(13)9(14)12(10(11)15)7-5-3-4-6-7/h7H,2-6H2,1H3. The predicted octanol–water partition coefficient (Wildman–Crippen LogP) is 0.740. The van der Waals surface area contributed by atoms with Crippen LogP contribution in [0.5, 0.6) is 0 Å². The molecule has 5 nitrogen and oxygen atoms in total. The molecule has 1 aliphatic carbocycles. The number of carbonyl (C=O) groups excluding carboxylic acids is 3. The Labute approximate surface area is 88.0 Å². The summed E-state index contributed by atoms with van der Waals surface area (Å²) in [5.74, 6) is -1.32. The van der Waals surface area contributed by atoms with Crippen molar-refractivity contribution in [3.05, 3.63) is 0 Å². The summed E-state index contributed by atoms with van der Waals surface area (Å²) in [5, 5.41) is 0. The second kappa shape index (κ2) is 3.64. The van der Waals surface area contributed by atoms with E-state index in [1.165, 1.54) is 0 Å². The van der Waals surface area contributed by atoms with Crippen LogP contribution in [-0.2, 0) is 9.59 Å². The number of hydrogen-bond acceptors (Lipinski definition) is 3. The van der Waals surface area contributed by atoms with Crippen LogP contribution in [0.3, 0.4) is 0 Å². The maximum atomic E-state index is 11.8. The molecule has 82 valence electrons. The molecule has 0 bridgehead atoms. The fourth-order valence-corrected chi connectivity index (χ4v) is 2.29. The number of imide groups is 2. The summed E-state index contributed by atoms with van der Waals surface area (Å²) in [6.45, 7) is 1.97. The van der Waals surface area contributed by atoms with Gasteiger partial charge in [0.25, 0.3) is 0 Å². The maximum Gasteiger partial charge on any atom is 0.334 e. The van der Waals surface area contributed by atoms with E-state index in [0.29, 0.717) is 0 Å². The second-order valence-corrected chi connectivity index (χ2v) is 3.95. The molecule has 2 aliphatic rings. The number of likely N-dealkylation sites (N-methyl/N-ethyl adjacent to an activating group) is 1. The van der Waals surface area contributed by atoms with Crippen LogP contribution in [0.2, 0.25) is 0 Å². The summed E-state index contributed by atoms with van der Waals surface area (Å²) in [6, 6.07) is -0.482. The SMILES string of the molecule is CCN1C(=O)C(=O)N(C2CCCC2)C1=O. The Hall–Kier alpha value is -1.39. The van der Waals surface area contributed by atoms with Crippen LogP contribution >= 0.6 is 0 Å². The van der Waals surface area contributed by atoms with Crippen molar-refractivity contribution in [2.24, 2.45) is 0 Å². The van der Waals surface area contributed by atoms with Gasteiger partial charge in [-0.3, -0.25) is 19.4 Å². The second-order valence-electron chi connectivity index (χ2n) is 3.95. The average Bonchev–Trinajstić information content (AvgIpc) is 2.77. The largest absolute Gasteiger partial charge is 0.334 e. The molecule has 15 heavy (non-hydrogen) atoms.